The van der Waals surface area contributed by atoms with Crippen LogP contribution < -0.4 is 9.47 Å². The fourth-order valence-electron chi connectivity index (χ4n) is 2.56. The molecule has 2 atom stereocenters. The molecule has 0 amide bonds. The van der Waals surface area contributed by atoms with E-state index in [0.717, 1.165) is 0 Å². The monoisotopic (exact) mass is 290 g/mol. The molecule has 0 unspecified atom stereocenters. The summed E-state index contributed by atoms with van der Waals surface area (Å²) in [6.45, 7) is 0. The van der Waals surface area contributed by atoms with Gasteiger partial charge >= 0.3 is 5.97 Å². The average Bonchev–Trinajstić information content (AvgIpc) is 2.53. The van der Waals surface area contributed by atoms with Crippen LogP contribution >= 0.6 is 0 Å². The first kappa shape index (κ1) is 15.1. The topological polar surface area (TPSA) is 72.8 Å². The smallest absolute Gasteiger partial charge is 0.307 e. The number of benzene rings is 1. The lowest BCUT2D eigenvalue weighted by Crippen LogP contribution is -2.30. The minimum Gasteiger partial charge on any atom is -0.493 e. The van der Waals surface area contributed by atoms with E-state index in [1.165, 1.54) is 14.2 Å². The quantitative estimate of drug-likeness (QED) is 0.666. The normalized spacial score (nSPS) is 20.9. The lowest BCUT2D eigenvalue weighted by Gasteiger charge is -2.23. The number of aliphatic carboxylic acids is 1. The van der Waals surface area contributed by atoms with Crippen LogP contribution in [-0.2, 0) is 4.79 Å². The molecule has 1 aliphatic rings. The van der Waals surface area contributed by atoms with E-state index >= 15 is 0 Å². The predicted octanol–water partition coefficient (Wildman–Crippen LogP) is 2.55. The van der Waals surface area contributed by atoms with E-state index in [9.17, 15) is 14.7 Å². The molecular formula is C16H18O5. The molecule has 0 radical (unpaired) electrons. The van der Waals surface area contributed by atoms with Crippen LogP contribution in [0.25, 0.3) is 0 Å². The molecule has 0 fully saturated rings. The van der Waals surface area contributed by atoms with Crippen molar-refractivity contribution in [3.05, 3.63) is 35.9 Å². The summed E-state index contributed by atoms with van der Waals surface area (Å²) in [6.07, 6.45) is 4.73. The molecule has 0 aromatic heterocycles. The van der Waals surface area contributed by atoms with E-state index in [1.54, 1.807) is 24.3 Å². The van der Waals surface area contributed by atoms with E-state index in [2.05, 4.69) is 0 Å². The number of hydrogen-bond donors (Lipinski definition) is 1. The highest BCUT2D eigenvalue weighted by Gasteiger charge is 2.33. The Morgan fingerprint density at radius 1 is 1.19 bits per heavy atom. The fourth-order valence-corrected chi connectivity index (χ4v) is 2.56. The Hall–Kier alpha value is -2.30. The number of carboxylic acid groups (broad SMARTS) is 1. The summed E-state index contributed by atoms with van der Waals surface area (Å²) in [6, 6.07) is 4.86. The van der Waals surface area contributed by atoms with Gasteiger partial charge in [0.15, 0.2) is 17.3 Å². The molecule has 0 spiro atoms. The molecule has 5 heteroatoms. The summed E-state index contributed by atoms with van der Waals surface area (Å²) >= 11 is 0. The summed E-state index contributed by atoms with van der Waals surface area (Å²) in [7, 11) is 3.01. The summed E-state index contributed by atoms with van der Waals surface area (Å²) in [5.41, 5.74) is 0.426. The van der Waals surface area contributed by atoms with Crippen molar-refractivity contribution in [1.82, 2.24) is 0 Å². The molecule has 112 valence electrons. The van der Waals surface area contributed by atoms with Gasteiger partial charge in [0, 0.05) is 5.56 Å². The van der Waals surface area contributed by atoms with Crippen molar-refractivity contribution in [2.45, 2.75) is 12.8 Å². The first-order valence-corrected chi connectivity index (χ1v) is 6.74. The molecule has 1 aromatic carbocycles. The summed E-state index contributed by atoms with van der Waals surface area (Å²) in [5, 5.41) is 9.26. The lowest BCUT2D eigenvalue weighted by atomic mass is 9.79. The Bertz CT molecular complexity index is 576. The number of carboxylic acids is 1. The summed E-state index contributed by atoms with van der Waals surface area (Å²) in [5.74, 6) is -1.46. The van der Waals surface area contributed by atoms with Crippen molar-refractivity contribution in [2.75, 3.05) is 14.2 Å². The Labute approximate surface area is 123 Å². The maximum absolute atomic E-state index is 12.6. The number of rotatable bonds is 5. The van der Waals surface area contributed by atoms with Crippen LogP contribution in [0.15, 0.2) is 30.4 Å². The Balaban J connectivity index is 2.32. The highest BCUT2D eigenvalue weighted by atomic mass is 16.5. The first-order chi connectivity index (χ1) is 10.1. The van der Waals surface area contributed by atoms with Crippen LogP contribution in [0.5, 0.6) is 11.5 Å². The van der Waals surface area contributed by atoms with E-state index in [-0.39, 0.29) is 5.78 Å². The first-order valence-electron chi connectivity index (χ1n) is 6.74. The molecule has 2 rings (SSSR count). The minimum absolute atomic E-state index is 0.209. The fraction of sp³-hybridized carbons (Fsp3) is 0.375. The number of carbonyl (C=O) groups is 2. The Morgan fingerprint density at radius 3 is 2.52 bits per heavy atom. The number of methoxy groups -OCH3 is 2. The number of Topliss-reactive ketones (excluding diaryl/α,β-unsaturated/α-hetero) is 1. The van der Waals surface area contributed by atoms with Gasteiger partial charge in [0.2, 0.25) is 0 Å². The van der Waals surface area contributed by atoms with E-state index in [1.807, 2.05) is 6.08 Å². The van der Waals surface area contributed by atoms with Gasteiger partial charge in [-0.1, -0.05) is 12.2 Å². The highest BCUT2D eigenvalue weighted by Crippen LogP contribution is 2.32. The molecule has 0 bridgehead atoms. The second-order valence-electron chi connectivity index (χ2n) is 4.91. The Kier molecular flexibility index (Phi) is 4.62. The Morgan fingerprint density at radius 2 is 1.90 bits per heavy atom. The molecular weight excluding hydrogens is 272 g/mol. The van der Waals surface area contributed by atoms with Crippen LogP contribution in [0.3, 0.4) is 0 Å². The summed E-state index contributed by atoms with van der Waals surface area (Å²) < 4.78 is 10.3. The second-order valence-corrected chi connectivity index (χ2v) is 4.91. The van der Waals surface area contributed by atoms with Crippen molar-refractivity contribution in [3.8, 4) is 11.5 Å². The van der Waals surface area contributed by atoms with Crippen molar-refractivity contribution in [1.29, 1.82) is 0 Å². The van der Waals surface area contributed by atoms with E-state index < -0.39 is 17.8 Å². The second kappa shape index (κ2) is 6.43. The molecule has 0 saturated heterocycles. The van der Waals surface area contributed by atoms with Crippen LogP contribution in [0.2, 0.25) is 0 Å². The van der Waals surface area contributed by atoms with Crippen LogP contribution in [0.4, 0.5) is 0 Å². The number of carbonyl (C=O) groups excluding carboxylic acids is 1. The van der Waals surface area contributed by atoms with Gasteiger partial charge in [0.1, 0.15) is 0 Å². The molecule has 1 aliphatic carbocycles. The van der Waals surface area contributed by atoms with Crippen molar-refractivity contribution < 1.29 is 24.2 Å². The number of hydrogen-bond acceptors (Lipinski definition) is 4. The van der Waals surface area contributed by atoms with Crippen LogP contribution in [0, 0.1) is 11.8 Å². The van der Waals surface area contributed by atoms with Gasteiger partial charge in [0.05, 0.1) is 26.1 Å². The minimum atomic E-state index is -0.932. The third-order valence-electron chi connectivity index (χ3n) is 3.71. The molecule has 0 heterocycles. The van der Waals surface area contributed by atoms with Crippen molar-refractivity contribution in [2.24, 2.45) is 11.8 Å². The van der Waals surface area contributed by atoms with Crippen molar-refractivity contribution >= 4 is 11.8 Å². The zero-order valence-electron chi connectivity index (χ0n) is 12.0. The lowest BCUT2D eigenvalue weighted by molar-refractivity contribution is -0.143. The predicted molar refractivity (Wildman–Crippen MR) is 76.9 cm³/mol. The van der Waals surface area contributed by atoms with E-state index in [0.29, 0.717) is 29.9 Å². The van der Waals surface area contributed by atoms with Crippen LogP contribution in [-0.4, -0.2) is 31.1 Å². The van der Waals surface area contributed by atoms with Gasteiger partial charge in [-0.3, -0.25) is 9.59 Å². The van der Waals surface area contributed by atoms with Crippen molar-refractivity contribution in [3.63, 3.8) is 0 Å². The molecule has 21 heavy (non-hydrogen) atoms. The average molecular weight is 290 g/mol. The number of ketones is 1. The molecule has 1 N–H and O–H groups in total. The zero-order chi connectivity index (χ0) is 15.4. The summed E-state index contributed by atoms with van der Waals surface area (Å²) in [4.78, 5) is 23.9. The van der Waals surface area contributed by atoms with Gasteiger partial charge in [-0.05, 0) is 31.0 Å². The van der Waals surface area contributed by atoms with Gasteiger partial charge < -0.3 is 14.6 Å². The van der Waals surface area contributed by atoms with E-state index in [4.69, 9.17) is 9.47 Å². The molecule has 0 aliphatic heterocycles. The third kappa shape index (κ3) is 3.07. The highest BCUT2D eigenvalue weighted by molar-refractivity contribution is 6.01. The van der Waals surface area contributed by atoms with Gasteiger partial charge in [-0.15, -0.1) is 0 Å². The third-order valence-corrected chi connectivity index (χ3v) is 3.71. The molecule has 1 aromatic rings. The van der Waals surface area contributed by atoms with Gasteiger partial charge in [0.25, 0.3) is 0 Å². The SMILES string of the molecule is COc1ccc(C(=O)[C@H]2C=CCC[C@H]2C(=O)O)cc1OC. The maximum Gasteiger partial charge on any atom is 0.307 e. The molecule has 5 nitrogen and oxygen atoms in total. The molecule has 0 saturated carbocycles. The standard InChI is InChI=1S/C16H18O5/c1-20-13-8-7-10(9-14(13)21-2)15(17)11-5-3-4-6-12(11)16(18)19/h3,5,7-9,11-12H,4,6H2,1-2H3,(H,18,19)/t11-,12+/m0/s1. The van der Waals surface area contributed by atoms with Crippen LogP contribution in [0.1, 0.15) is 23.2 Å². The van der Waals surface area contributed by atoms with Gasteiger partial charge in [-0.25, -0.2) is 0 Å². The van der Waals surface area contributed by atoms with Gasteiger partial charge in [-0.2, -0.15) is 0 Å². The maximum atomic E-state index is 12.6. The number of ether oxygens (including phenoxy) is 2. The number of allylic oxidation sites excluding steroid dienone is 2. The zero-order valence-corrected chi connectivity index (χ0v) is 12.0. The largest absolute Gasteiger partial charge is 0.493 e.